The highest BCUT2D eigenvalue weighted by atomic mass is 79.9. The zero-order chi connectivity index (χ0) is 57.4. The number of rotatable bonds is 13. The summed E-state index contributed by atoms with van der Waals surface area (Å²) in [5.41, 5.74) is 3.73. The summed E-state index contributed by atoms with van der Waals surface area (Å²) >= 11 is 2.94. The van der Waals surface area contributed by atoms with Crippen LogP contribution < -0.4 is 15.1 Å². The molecule has 0 radical (unpaired) electrons. The molecule has 2 aliphatic rings. The molecular formula is C54H61BrF6N10O8. The maximum absolute atomic E-state index is 13.8. The second kappa shape index (κ2) is 28.0. The van der Waals surface area contributed by atoms with Gasteiger partial charge in [-0.2, -0.15) is 26.3 Å². The molecule has 79 heavy (non-hydrogen) atoms. The summed E-state index contributed by atoms with van der Waals surface area (Å²) < 4.78 is 95.7. The van der Waals surface area contributed by atoms with Gasteiger partial charge in [-0.25, -0.2) is 9.59 Å². The molecule has 2 fully saturated rings. The molecule has 2 saturated heterocycles. The van der Waals surface area contributed by atoms with Crippen molar-refractivity contribution in [1.29, 1.82) is 0 Å². The van der Waals surface area contributed by atoms with E-state index in [1.54, 1.807) is 77.1 Å². The Bertz CT molecular complexity index is 2880. The van der Waals surface area contributed by atoms with Crippen LogP contribution in [0.25, 0.3) is 22.9 Å². The Kier molecular flexibility index (Phi) is 21.5. The third-order valence-corrected chi connectivity index (χ3v) is 12.7. The van der Waals surface area contributed by atoms with Gasteiger partial charge in [0.2, 0.25) is 11.8 Å². The molecule has 0 unspecified atom stereocenters. The predicted octanol–water partition coefficient (Wildman–Crippen LogP) is 10.3. The highest BCUT2D eigenvalue weighted by Crippen LogP contribution is 2.33. The number of piperazine rings is 2. The van der Waals surface area contributed by atoms with E-state index in [4.69, 9.17) is 13.6 Å². The largest absolute Gasteiger partial charge is 0.470 e. The van der Waals surface area contributed by atoms with Crippen molar-refractivity contribution in [1.82, 2.24) is 40.4 Å². The van der Waals surface area contributed by atoms with E-state index < -0.39 is 24.1 Å². The topological polar surface area (TPSA) is 193 Å². The molecule has 4 atom stereocenters. The number of nitrogens with zero attached hydrogens (tertiary/aromatic N) is 9. The first-order chi connectivity index (χ1) is 37.6. The van der Waals surface area contributed by atoms with Crippen molar-refractivity contribution in [2.24, 2.45) is 0 Å². The molecule has 25 heteroatoms. The van der Waals surface area contributed by atoms with E-state index >= 15 is 0 Å². The van der Waals surface area contributed by atoms with Crippen LogP contribution in [-0.2, 0) is 44.5 Å². The summed E-state index contributed by atoms with van der Waals surface area (Å²) in [5.74, 6) is -3.75. The number of amides is 4. The van der Waals surface area contributed by atoms with Crippen LogP contribution in [0.4, 0.5) is 47.3 Å². The Morgan fingerprint density at radius 2 is 0.962 bits per heavy atom. The molecule has 0 aliphatic carbocycles. The van der Waals surface area contributed by atoms with Crippen molar-refractivity contribution < 1.29 is 63.8 Å². The molecular weight excluding hydrogens is 1110 g/mol. The number of ether oxygens (including phenoxy) is 2. The highest BCUT2D eigenvalue weighted by molar-refractivity contribution is 9.09. The van der Waals surface area contributed by atoms with Crippen molar-refractivity contribution >= 4 is 51.3 Å². The number of anilines is 2. The number of hydrogen-bond acceptors (Lipinski definition) is 14. The van der Waals surface area contributed by atoms with Gasteiger partial charge >= 0.3 is 48.1 Å². The molecule has 4 amide bonds. The van der Waals surface area contributed by atoms with E-state index in [0.717, 1.165) is 16.8 Å². The summed E-state index contributed by atoms with van der Waals surface area (Å²) in [4.78, 5) is 58.5. The minimum Gasteiger partial charge on any atom is -0.465 e. The summed E-state index contributed by atoms with van der Waals surface area (Å²) in [5, 5.41) is 16.8. The third-order valence-electron chi connectivity index (χ3n) is 12.2. The first kappa shape index (κ1) is 60.8. The Morgan fingerprint density at radius 3 is 1.30 bits per heavy atom. The van der Waals surface area contributed by atoms with Crippen molar-refractivity contribution in [2.75, 3.05) is 61.1 Å². The maximum atomic E-state index is 13.8. The van der Waals surface area contributed by atoms with Gasteiger partial charge in [0.25, 0.3) is 0 Å². The van der Waals surface area contributed by atoms with Crippen molar-refractivity contribution in [3.05, 3.63) is 132 Å². The smallest absolute Gasteiger partial charge is 0.465 e. The van der Waals surface area contributed by atoms with Crippen LogP contribution in [0.1, 0.15) is 64.5 Å². The van der Waals surface area contributed by atoms with Gasteiger partial charge in [0.05, 0.1) is 32.8 Å². The first-order valence-corrected chi connectivity index (χ1v) is 26.3. The van der Waals surface area contributed by atoms with Gasteiger partial charge in [0.1, 0.15) is 5.33 Å². The van der Waals surface area contributed by atoms with Gasteiger partial charge in [0, 0.05) is 72.8 Å². The minimum atomic E-state index is -4.72. The summed E-state index contributed by atoms with van der Waals surface area (Å²) in [6, 6.07) is 31.8. The number of esters is 2. The molecule has 4 heterocycles. The van der Waals surface area contributed by atoms with Crippen molar-refractivity contribution in [3.8, 4) is 22.9 Å². The zero-order valence-electron chi connectivity index (χ0n) is 44.2. The van der Waals surface area contributed by atoms with Crippen molar-refractivity contribution in [2.45, 2.75) is 91.2 Å². The van der Waals surface area contributed by atoms with Crippen LogP contribution in [0.15, 0.2) is 118 Å². The monoisotopic (exact) mass is 1170 g/mol. The van der Waals surface area contributed by atoms with Gasteiger partial charge in [-0.05, 0) is 101 Å². The Labute approximate surface area is 461 Å². The normalized spacial score (nSPS) is 17.6. The van der Waals surface area contributed by atoms with Crippen LogP contribution in [0, 0.1) is 0 Å². The van der Waals surface area contributed by atoms with E-state index in [1.807, 2.05) is 98.2 Å². The van der Waals surface area contributed by atoms with Gasteiger partial charge in [-0.15, -0.1) is 20.4 Å². The molecule has 0 spiro atoms. The number of para-hydroxylation sites is 2. The Hall–Kier alpha value is -7.38. The SMILES string of the molecule is CCOC(=O)CBr.CCOC(=O)CN1[C@H](C)CN(C(=O)N(Cc2ccc(-c3nnc(C(F)(F)F)o3)cc2)c2ccccc2)C[C@@H]1C.C[C@@H]1CN(C(=O)N(Cc2ccc(-c3nnc(C(F)(F)F)o3)cc2)c2ccccc2)C[C@H](C)N1. The van der Waals surface area contributed by atoms with Gasteiger partial charge in [0.15, 0.2) is 0 Å². The lowest BCUT2D eigenvalue weighted by Crippen LogP contribution is -2.61. The Balaban J connectivity index is 0.000000230. The van der Waals surface area contributed by atoms with Crippen LogP contribution in [0.5, 0.6) is 0 Å². The highest BCUT2D eigenvalue weighted by Gasteiger charge is 2.40. The lowest BCUT2D eigenvalue weighted by atomic mass is 10.1. The van der Waals surface area contributed by atoms with E-state index in [1.165, 1.54) is 0 Å². The van der Waals surface area contributed by atoms with Crippen LogP contribution in [-0.4, -0.2) is 135 Å². The quantitative estimate of drug-likeness (QED) is 0.0652. The summed E-state index contributed by atoms with van der Waals surface area (Å²) in [6.07, 6.45) is -9.41. The number of carbonyl (C=O) groups excluding carboxylic acids is 4. The number of aromatic nitrogens is 4. The van der Waals surface area contributed by atoms with E-state index in [0.29, 0.717) is 68.1 Å². The molecule has 2 aliphatic heterocycles. The predicted molar refractivity (Wildman–Crippen MR) is 283 cm³/mol. The van der Waals surface area contributed by atoms with Crippen molar-refractivity contribution in [3.63, 3.8) is 0 Å². The zero-order valence-corrected chi connectivity index (χ0v) is 45.8. The van der Waals surface area contributed by atoms with E-state index in [2.05, 4.69) is 46.4 Å². The number of benzene rings is 4. The maximum Gasteiger partial charge on any atom is 0.470 e. The molecule has 0 saturated carbocycles. The molecule has 1 N–H and O–H groups in total. The van der Waals surface area contributed by atoms with Gasteiger partial charge in [-0.1, -0.05) is 76.6 Å². The lowest BCUT2D eigenvalue weighted by molar-refractivity contribution is -0.157. The number of halogens is 7. The number of nitrogens with one attached hydrogen (secondary N) is 1. The molecule has 2 aromatic heterocycles. The van der Waals surface area contributed by atoms with Crippen LogP contribution in [0.3, 0.4) is 0 Å². The lowest BCUT2D eigenvalue weighted by Gasteiger charge is -2.45. The molecule has 4 aromatic carbocycles. The minimum absolute atomic E-state index is 0.0602. The number of hydrogen-bond donors (Lipinski definition) is 1. The molecule has 0 bridgehead atoms. The third kappa shape index (κ3) is 17.3. The van der Waals surface area contributed by atoms with Crippen LogP contribution >= 0.6 is 15.9 Å². The number of urea groups is 2. The standard InChI is InChI=1S/C27H30F3N5O4.C23H24F3N5O2.C4H7BrO2/c1-4-38-23(36)17-34-18(2)14-33(15-19(34)3)26(37)35(22-8-6-5-7-9-22)16-20-10-12-21(13-11-20)24-31-32-25(39-24)27(28,29)30;1-15-12-30(13-16(2)27-15)22(32)31(19-6-4-3-5-7-19)14-17-8-10-18(11-9-17)20-28-29-21(33-20)23(24,25)26;1-2-7-4(6)3-5/h5-13,18-19H,4,14-17H2,1-3H3;3-11,15-16,27H,12-14H2,1-2H3;2-3H2,1H3/t18-,19+;15-,16+;. The molecule has 8 rings (SSSR count). The van der Waals surface area contributed by atoms with Gasteiger partial charge < -0.3 is 33.4 Å². The summed E-state index contributed by atoms with van der Waals surface area (Å²) in [7, 11) is 0. The first-order valence-electron chi connectivity index (χ1n) is 25.2. The Morgan fingerprint density at radius 1 is 0.582 bits per heavy atom. The fraction of sp³-hybridized carbons (Fsp3) is 0.407. The average molecular weight is 1170 g/mol. The number of carbonyl (C=O) groups is 4. The van der Waals surface area contributed by atoms with E-state index in [-0.39, 0.29) is 73.0 Å². The molecule has 424 valence electrons. The van der Waals surface area contributed by atoms with Gasteiger partial charge in [-0.3, -0.25) is 24.3 Å². The number of alkyl halides is 7. The molecule has 18 nitrogen and oxygen atoms in total. The fourth-order valence-corrected chi connectivity index (χ4v) is 8.90. The van der Waals surface area contributed by atoms with Crippen LogP contribution in [0.2, 0.25) is 0 Å². The molecule has 6 aromatic rings. The second-order valence-corrected chi connectivity index (χ2v) is 19.1. The second-order valence-electron chi connectivity index (χ2n) is 18.5. The van der Waals surface area contributed by atoms with E-state index in [9.17, 15) is 45.5 Å². The fourth-order valence-electron chi connectivity index (χ4n) is 8.74. The average Bonchev–Trinajstić information content (AvgIpc) is 4.20. The summed E-state index contributed by atoms with van der Waals surface area (Å²) in [6.45, 7) is 15.1.